The molecule has 0 radical (unpaired) electrons. The summed E-state index contributed by atoms with van der Waals surface area (Å²) < 4.78 is 1.12. The van der Waals surface area contributed by atoms with Crippen molar-refractivity contribution < 1.29 is 5.11 Å². The molecule has 0 aliphatic carbocycles. The van der Waals surface area contributed by atoms with Crippen LogP contribution in [-0.2, 0) is 0 Å². The summed E-state index contributed by atoms with van der Waals surface area (Å²) >= 11 is 3.73. The Hall–Kier alpha value is -1.13. The van der Waals surface area contributed by atoms with Crippen LogP contribution < -0.4 is 0 Å². The van der Waals surface area contributed by atoms with Crippen molar-refractivity contribution in [2.45, 2.75) is 97.1 Å². The summed E-state index contributed by atoms with van der Waals surface area (Å²) in [5.74, 6) is 0. The lowest BCUT2D eigenvalue weighted by atomic mass is 9.95. The Balaban J connectivity index is 0.00000432. The second kappa shape index (κ2) is 15.9. The molecule has 0 saturated carbocycles. The summed E-state index contributed by atoms with van der Waals surface area (Å²) in [5.41, 5.74) is 1.02. The van der Waals surface area contributed by atoms with Crippen molar-refractivity contribution >= 4 is 49.9 Å². The second-order valence-electron chi connectivity index (χ2n) is 9.93. The standard InChI is InChI=1S/C31H44BrNO.ClH/c1-4-6-8-10-14-20-33(21-15-11-9-7-5-2)24(3)31(34)26-19-18-25-23-30(32)28-17-13-12-16-27(28)29(25)22-26;/h12-13,16-19,22-24,31,34H,4-11,14-15,20-21H2,1-3H3;1H. The maximum Gasteiger partial charge on any atom is 0.0942 e. The van der Waals surface area contributed by atoms with Gasteiger partial charge >= 0.3 is 0 Å². The van der Waals surface area contributed by atoms with E-state index in [4.69, 9.17) is 0 Å². The lowest BCUT2D eigenvalue weighted by molar-refractivity contribution is 0.0555. The molecule has 0 fully saturated rings. The molecular weight excluding hydrogens is 518 g/mol. The summed E-state index contributed by atoms with van der Waals surface area (Å²) in [4.78, 5) is 2.55. The normalized spacial score (nSPS) is 13.3. The third-order valence-corrected chi connectivity index (χ3v) is 7.96. The van der Waals surface area contributed by atoms with Crippen LogP contribution in [0.5, 0.6) is 0 Å². The number of hydrogen-bond acceptors (Lipinski definition) is 2. The van der Waals surface area contributed by atoms with E-state index in [-0.39, 0.29) is 18.4 Å². The molecule has 2 atom stereocenters. The van der Waals surface area contributed by atoms with Crippen LogP contribution in [-0.4, -0.2) is 29.1 Å². The molecule has 0 bridgehead atoms. The van der Waals surface area contributed by atoms with Gasteiger partial charge in [-0.3, -0.25) is 4.90 Å². The van der Waals surface area contributed by atoms with Crippen LogP contribution in [0.2, 0.25) is 0 Å². The molecule has 2 unspecified atom stereocenters. The van der Waals surface area contributed by atoms with Crippen LogP contribution in [0.3, 0.4) is 0 Å². The van der Waals surface area contributed by atoms with Crippen molar-refractivity contribution in [2.24, 2.45) is 0 Å². The smallest absolute Gasteiger partial charge is 0.0942 e. The van der Waals surface area contributed by atoms with Gasteiger partial charge in [-0.2, -0.15) is 0 Å². The topological polar surface area (TPSA) is 23.5 Å². The summed E-state index contributed by atoms with van der Waals surface area (Å²) in [5, 5.41) is 16.4. The van der Waals surface area contributed by atoms with Gasteiger partial charge in [-0.25, -0.2) is 0 Å². The van der Waals surface area contributed by atoms with Crippen molar-refractivity contribution in [1.82, 2.24) is 4.90 Å². The number of aliphatic hydroxyl groups is 1. The SMILES string of the molecule is CCCCCCCN(CCCCCCC)C(C)C(O)c1ccc2cc(Br)c3ccccc3c2c1.Cl. The molecule has 0 amide bonds. The maximum absolute atomic E-state index is 11.5. The number of benzene rings is 3. The number of fused-ring (bicyclic) bond motifs is 3. The summed E-state index contributed by atoms with van der Waals surface area (Å²) in [6, 6.07) is 17.3. The predicted octanol–water partition coefficient (Wildman–Crippen LogP) is 9.84. The number of nitrogens with zero attached hydrogens (tertiary/aromatic N) is 1. The molecular formula is C31H45BrClNO. The molecule has 3 aromatic carbocycles. The zero-order valence-electron chi connectivity index (χ0n) is 21.9. The quantitative estimate of drug-likeness (QED) is 0.147. The highest BCUT2D eigenvalue weighted by Crippen LogP contribution is 2.34. The predicted molar refractivity (Wildman–Crippen MR) is 160 cm³/mol. The molecule has 4 heteroatoms. The lowest BCUT2D eigenvalue weighted by Gasteiger charge is -2.33. The van der Waals surface area contributed by atoms with E-state index in [9.17, 15) is 5.11 Å². The van der Waals surface area contributed by atoms with E-state index in [0.717, 1.165) is 23.1 Å². The van der Waals surface area contributed by atoms with Gasteiger partial charge in [0.25, 0.3) is 0 Å². The van der Waals surface area contributed by atoms with Crippen LogP contribution >= 0.6 is 28.3 Å². The Labute approximate surface area is 228 Å². The molecule has 3 rings (SSSR count). The van der Waals surface area contributed by atoms with Gasteiger partial charge in [0.15, 0.2) is 0 Å². The zero-order valence-corrected chi connectivity index (χ0v) is 24.3. The first-order valence-corrected chi connectivity index (χ1v) is 14.4. The molecule has 194 valence electrons. The minimum absolute atomic E-state index is 0. The summed E-state index contributed by atoms with van der Waals surface area (Å²) in [6.45, 7) is 8.92. The fourth-order valence-corrected chi connectivity index (χ4v) is 5.68. The Morgan fingerprint density at radius 2 is 1.31 bits per heavy atom. The van der Waals surface area contributed by atoms with E-state index in [2.05, 4.69) is 90.1 Å². The van der Waals surface area contributed by atoms with Crippen molar-refractivity contribution in [3.8, 4) is 0 Å². The first-order valence-electron chi connectivity index (χ1n) is 13.6. The van der Waals surface area contributed by atoms with Gasteiger partial charge in [-0.1, -0.05) is 118 Å². The highest BCUT2D eigenvalue weighted by atomic mass is 79.9. The number of hydrogen-bond donors (Lipinski definition) is 1. The van der Waals surface area contributed by atoms with Gasteiger partial charge < -0.3 is 5.11 Å². The Kier molecular flexibility index (Phi) is 13.6. The second-order valence-corrected chi connectivity index (χ2v) is 10.8. The van der Waals surface area contributed by atoms with E-state index in [1.54, 1.807) is 0 Å². The zero-order chi connectivity index (χ0) is 24.3. The van der Waals surface area contributed by atoms with Crippen LogP contribution in [0.25, 0.3) is 21.5 Å². The van der Waals surface area contributed by atoms with Gasteiger partial charge in [-0.05, 0) is 72.1 Å². The molecule has 0 spiro atoms. The average molecular weight is 563 g/mol. The fourth-order valence-electron chi connectivity index (χ4n) is 5.09. The van der Waals surface area contributed by atoms with E-state index in [1.165, 1.54) is 85.8 Å². The van der Waals surface area contributed by atoms with Crippen LogP contribution in [0.1, 0.15) is 96.6 Å². The minimum atomic E-state index is -0.488. The van der Waals surface area contributed by atoms with E-state index in [1.807, 2.05) is 0 Å². The lowest BCUT2D eigenvalue weighted by Crippen LogP contribution is -2.39. The molecule has 1 N–H and O–H groups in total. The highest BCUT2D eigenvalue weighted by Gasteiger charge is 2.23. The van der Waals surface area contributed by atoms with Gasteiger partial charge in [0.1, 0.15) is 0 Å². The van der Waals surface area contributed by atoms with Gasteiger partial charge in [0.2, 0.25) is 0 Å². The molecule has 35 heavy (non-hydrogen) atoms. The Bertz CT molecular complexity index is 1010. The molecule has 0 heterocycles. The first kappa shape index (κ1) is 30.1. The van der Waals surface area contributed by atoms with Gasteiger partial charge in [-0.15, -0.1) is 12.4 Å². The van der Waals surface area contributed by atoms with Crippen molar-refractivity contribution in [3.05, 3.63) is 58.6 Å². The molecule has 0 saturated heterocycles. The third-order valence-electron chi connectivity index (χ3n) is 7.31. The average Bonchev–Trinajstić information content (AvgIpc) is 2.86. The Morgan fingerprint density at radius 1 is 0.743 bits per heavy atom. The van der Waals surface area contributed by atoms with Crippen LogP contribution in [0.15, 0.2) is 53.0 Å². The Morgan fingerprint density at radius 3 is 1.91 bits per heavy atom. The summed E-state index contributed by atoms with van der Waals surface area (Å²) in [7, 11) is 0. The van der Waals surface area contributed by atoms with Crippen LogP contribution in [0.4, 0.5) is 0 Å². The number of rotatable bonds is 15. The maximum atomic E-state index is 11.5. The van der Waals surface area contributed by atoms with Gasteiger partial charge in [0.05, 0.1) is 6.10 Å². The van der Waals surface area contributed by atoms with Crippen molar-refractivity contribution in [3.63, 3.8) is 0 Å². The largest absolute Gasteiger partial charge is 0.387 e. The molecule has 2 nitrogen and oxygen atoms in total. The van der Waals surface area contributed by atoms with Crippen molar-refractivity contribution in [2.75, 3.05) is 13.1 Å². The number of halogens is 2. The van der Waals surface area contributed by atoms with E-state index in [0.29, 0.717) is 0 Å². The highest BCUT2D eigenvalue weighted by molar-refractivity contribution is 9.10. The number of unbranched alkanes of at least 4 members (excludes halogenated alkanes) is 8. The van der Waals surface area contributed by atoms with Crippen molar-refractivity contribution in [1.29, 1.82) is 0 Å². The molecule has 0 aliphatic heterocycles. The molecule has 0 aromatic heterocycles. The van der Waals surface area contributed by atoms with Crippen LogP contribution in [0, 0.1) is 0 Å². The van der Waals surface area contributed by atoms with Gasteiger partial charge in [0, 0.05) is 10.5 Å². The molecule has 0 aliphatic rings. The summed E-state index contributed by atoms with van der Waals surface area (Å²) in [6.07, 6.45) is 12.4. The minimum Gasteiger partial charge on any atom is -0.387 e. The number of aliphatic hydroxyl groups excluding tert-OH is 1. The van der Waals surface area contributed by atoms with E-state index < -0.39 is 6.10 Å². The van der Waals surface area contributed by atoms with E-state index >= 15 is 0 Å². The third kappa shape index (κ3) is 8.45. The first-order chi connectivity index (χ1) is 16.6. The molecule has 3 aromatic rings. The fraction of sp³-hybridized carbons (Fsp3) is 0.548. The monoisotopic (exact) mass is 561 g/mol.